The lowest BCUT2D eigenvalue weighted by molar-refractivity contribution is 0.0604. The van der Waals surface area contributed by atoms with Gasteiger partial charge in [0.2, 0.25) is 0 Å². The molecule has 0 bridgehead atoms. The van der Waals surface area contributed by atoms with Crippen molar-refractivity contribution >= 4 is 38.9 Å². The maximum absolute atomic E-state index is 14.2. The standard InChI is InChI=1S/C31H33ClN2O2S/c1-20-8-10-21(11-9-20)22-12-17-27(36-3)23(18-22)19-34(25-15-13-24(33-2)14-16-25)31(35)30-29(32)26-6-4-5-7-28(26)37-30/h4-12,17-18,24-25,33H,13-16,19H2,1-3H3. The van der Waals surface area contributed by atoms with Gasteiger partial charge in [-0.05, 0) is 69.0 Å². The zero-order chi connectivity index (χ0) is 25.9. The number of nitrogens with zero attached hydrogens (tertiary/aromatic N) is 1. The van der Waals surface area contributed by atoms with Gasteiger partial charge in [0.25, 0.3) is 5.91 Å². The Bertz CT molecular complexity index is 1390. The second-order valence-electron chi connectivity index (χ2n) is 9.86. The molecule has 4 nitrogen and oxygen atoms in total. The van der Waals surface area contributed by atoms with Crippen molar-refractivity contribution in [1.82, 2.24) is 10.2 Å². The molecule has 1 N–H and O–H groups in total. The quantitative estimate of drug-likeness (QED) is 0.265. The molecule has 0 atom stereocenters. The summed E-state index contributed by atoms with van der Waals surface area (Å²) in [5, 5.41) is 4.90. The minimum absolute atomic E-state index is 0.00176. The van der Waals surface area contributed by atoms with E-state index in [0.717, 1.165) is 58.2 Å². The maximum atomic E-state index is 14.2. The van der Waals surface area contributed by atoms with Crippen LogP contribution in [0.2, 0.25) is 5.02 Å². The molecule has 1 aliphatic rings. The Morgan fingerprint density at radius 1 is 1.03 bits per heavy atom. The van der Waals surface area contributed by atoms with Crippen LogP contribution in [0.4, 0.5) is 0 Å². The predicted molar refractivity (Wildman–Crippen MR) is 155 cm³/mol. The Morgan fingerprint density at radius 2 is 1.73 bits per heavy atom. The molecule has 0 spiro atoms. The molecule has 1 aromatic heterocycles. The van der Waals surface area contributed by atoms with E-state index in [1.165, 1.54) is 16.9 Å². The van der Waals surface area contributed by atoms with Crippen LogP contribution < -0.4 is 10.1 Å². The van der Waals surface area contributed by atoms with Crippen molar-refractivity contribution in [2.75, 3.05) is 14.2 Å². The topological polar surface area (TPSA) is 41.6 Å². The van der Waals surface area contributed by atoms with Crippen LogP contribution >= 0.6 is 22.9 Å². The van der Waals surface area contributed by atoms with Crippen LogP contribution in [0.1, 0.15) is 46.5 Å². The summed E-state index contributed by atoms with van der Waals surface area (Å²) >= 11 is 8.27. The molecule has 0 saturated heterocycles. The Balaban J connectivity index is 1.52. The minimum atomic E-state index is 0.00176. The number of thiophene rings is 1. The fourth-order valence-corrected chi connectivity index (χ4v) is 6.80. The third kappa shape index (κ3) is 5.40. The molecule has 1 aliphatic carbocycles. The first-order valence-electron chi connectivity index (χ1n) is 12.9. The van der Waals surface area contributed by atoms with E-state index in [2.05, 4.69) is 48.6 Å². The highest BCUT2D eigenvalue weighted by Gasteiger charge is 2.32. The van der Waals surface area contributed by atoms with Gasteiger partial charge in [-0.25, -0.2) is 0 Å². The molecule has 1 amide bonds. The fraction of sp³-hybridized carbons (Fsp3) is 0.323. The number of carbonyl (C=O) groups is 1. The number of aryl methyl sites for hydroxylation is 1. The molecule has 1 heterocycles. The molecule has 37 heavy (non-hydrogen) atoms. The first-order chi connectivity index (χ1) is 18.0. The summed E-state index contributed by atoms with van der Waals surface area (Å²) < 4.78 is 6.80. The molecule has 1 fully saturated rings. The van der Waals surface area contributed by atoms with Crippen LogP contribution in [0, 0.1) is 6.92 Å². The highest BCUT2D eigenvalue weighted by Crippen LogP contribution is 2.38. The van der Waals surface area contributed by atoms with Crippen LogP contribution in [0.25, 0.3) is 21.2 Å². The van der Waals surface area contributed by atoms with Crippen LogP contribution in [0.15, 0.2) is 66.7 Å². The number of nitrogens with one attached hydrogen (secondary N) is 1. The predicted octanol–water partition coefficient (Wildman–Crippen LogP) is 7.71. The number of rotatable bonds is 7. The number of hydrogen-bond acceptors (Lipinski definition) is 4. The number of ether oxygens (including phenoxy) is 1. The molecular weight excluding hydrogens is 500 g/mol. The van der Waals surface area contributed by atoms with Crippen molar-refractivity contribution in [3.8, 4) is 16.9 Å². The molecule has 0 aliphatic heterocycles. The van der Waals surface area contributed by atoms with Gasteiger partial charge in [0.05, 0.1) is 12.1 Å². The van der Waals surface area contributed by atoms with Crippen molar-refractivity contribution in [3.05, 3.63) is 87.8 Å². The lowest BCUT2D eigenvalue weighted by Crippen LogP contribution is -2.44. The minimum Gasteiger partial charge on any atom is -0.496 e. The van der Waals surface area contributed by atoms with Crippen molar-refractivity contribution in [2.24, 2.45) is 0 Å². The van der Waals surface area contributed by atoms with E-state index in [1.807, 2.05) is 42.3 Å². The molecule has 6 heteroatoms. The number of hydrogen-bond donors (Lipinski definition) is 1. The highest BCUT2D eigenvalue weighted by molar-refractivity contribution is 7.21. The van der Waals surface area contributed by atoms with Gasteiger partial charge >= 0.3 is 0 Å². The van der Waals surface area contributed by atoms with Gasteiger partial charge in [0.1, 0.15) is 10.6 Å². The van der Waals surface area contributed by atoms with Crippen LogP contribution in [0.3, 0.4) is 0 Å². The first kappa shape index (κ1) is 25.8. The zero-order valence-corrected chi connectivity index (χ0v) is 23.2. The van der Waals surface area contributed by atoms with E-state index in [0.29, 0.717) is 22.5 Å². The SMILES string of the molecule is CNC1CCC(N(Cc2cc(-c3ccc(C)cc3)ccc2OC)C(=O)c2sc3ccccc3c2Cl)CC1. The van der Waals surface area contributed by atoms with E-state index in [9.17, 15) is 4.79 Å². The smallest absolute Gasteiger partial charge is 0.266 e. The number of carbonyl (C=O) groups excluding carboxylic acids is 1. The molecule has 0 unspecified atom stereocenters. The van der Waals surface area contributed by atoms with E-state index in [-0.39, 0.29) is 11.9 Å². The van der Waals surface area contributed by atoms with Crippen LogP contribution in [-0.4, -0.2) is 37.0 Å². The van der Waals surface area contributed by atoms with E-state index in [4.69, 9.17) is 16.3 Å². The van der Waals surface area contributed by atoms with Gasteiger partial charge in [-0.15, -0.1) is 11.3 Å². The lowest BCUT2D eigenvalue weighted by atomic mass is 9.89. The molecule has 5 rings (SSSR count). The van der Waals surface area contributed by atoms with Gasteiger partial charge in [-0.2, -0.15) is 0 Å². The van der Waals surface area contributed by atoms with E-state index < -0.39 is 0 Å². The van der Waals surface area contributed by atoms with Gasteiger partial charge in [0.15, 0.2) is 0 Å². The summed E-state index contributed by atoms with van der Waals surface area (Å²) in [7, 11) is 3.71. The summed E-state index contributed by atoms with van der Waals surface area (Å²) in [5.74, 6) is 0.793. The summed E-state index contributed by atoms with van der Waals surface area (Å²) in [4.78, 5) is 16.8. The number of methoxy groups -OCH3 is 1. The highest BCUT2D eigenvalue weighted by atomic mass is 35.5. The third-order valence-corrected chi connectivity index (χ3v) is 9.21. The van der Waals surface area contributed by atoms with Gasteiger partial charge < -0.3 is 15.0 Å². The molecule has 4 aromatic rings. The van der Waals surface area contributed by atoms with E-state index >= 15 is 0 Å². The fourth-order valence-electron chi connectivity index (χ4n) is 5.34. The van der Waals surface area contributed by atoms with Crippen LogP contribution in [-0.2, 0) is 6.54 Å². The molecule has 3 aromatic carbocycles. The maximum Gasteiger partial charge on any atom is 0.266 e. The van der Waals surface area contributed by atoms with Crippen molar-refractivity contribution in [2.45, 2.75) is 51.2 Å². The second kappa shape index (κ2) is 11.3. The normalized spacial score (nSPS) is 17.6. The van der Waals surface area contributed by atoms with Gasteiger partial charge in [-0.1, -0.05) is 65.7 Å². The summed E-state index contributed by atoms with van der Waals surface area (Å²) in [6.07, 6.45) is 4.01. The summed E-state index contributed by atoms with van der Waals surface area (Å²) in [6, 6.07) is 23.4. The molecular formula is C31H33ClN2O2S. The second-order valence-corrected chi connectivity index (χ2v) is 11.3. The van der Waals surface area contributed by atoms with Crippen molar-refractivity contribution < 1.29 is 9.53 Å². The average Bonchev–Trinajstić information content (AvgIpc) is 3.28. The molecule has 1 saturated carbocycles. The summed E-state index contributed by atoms with van der Waals surface area (Å²) in [5.41, 5.74) is 4.49. The van der Waals surface area contributed by atoms with E-state index in [1.54, 1.807) is 7.11 Å². The number of halogens is 1. The first-order valence-corrected chi connectivity index (χ1v) is 14.1. The van der Waals surface area contributed by atoms with Crippen LogP contribution in [0.5, 0.6) is 5.75 Å². The Kier molecular flexibility index (Phi) is 7.84. The monoisotopic (exact) mass is 532 g/mol. The number of amides is 1. The Hall–Kier alpha value is -2.86. The average molecular weight is 533 g/mol. The Morgan fingerprint density at radius 3 is 2.41 bits per heavy atom. The molecule has 0 radical (unpaired) electrons. The molecule has 192 valence electrons. The van der Waals surface area contributed by atoms with Gasteiger partial charge in [-0.3, -0.25) is 4.79 Å². The number of benzene rings is 3. The lowest BCUT2D eigenvalue weighted by Gasteiger charge is -2.37. The zero-order valence-electron chi connectivity index (χ0n) is 21.6. The third-order valence-electron chi connectivity index (χ3n) is 7.54. The van der Waals surface area contributed by atoms with Crippen molar-refractivity contribution in [3.63, 3.8) is 0 Å². The largest absolute Gasteiger partial charge is 0.496 e. The Labute approximate surface area is 228 Å². The van der Waals surface area contributed by atoms with Crippen molar-refractivity contribution in [1.29, 1.82) is 0 Å². The van der Waals surface area contributed by atoms with Gasteiger partial charge in [0, 0.05) is 34.3 Å². The number of fused-ring (bicyclic) bond motifs is 1. The summed E-state index contributed by atoms with van der Waals surface area (Å²) in [6.45, 7) is 2.57.